The molecule has 0 atom stereocenters. The van der Waals surface area contributed by atoms with E-state index in [0.29, 0.717) is 18.0 Å². The van der Waals surface area contributed by atoms with Crippen molar-refractivity contribution in [3.63, 3.8) is 0 Å². The van der Waals surface area contributed by atoms with Crippen LogP contribution in [0.2, 0.25) is 5.02 Å². The van der Waals surface area contributed by atoms with Crippen molar-refractivity contribution < 1.29 is 8.42 Å². The van der Waals surface area contributed by atoms with E-state index < -0.39 is 10.0 Å². The summed E-state index contributed by atoms with van der Waals surface area (Å²) in [5.41, 5.74) is 1.71. The number of halogens is 1. The van der Waals surface area contributed by atoms with E-state index >= 15 is 0 Å². The molecule has 2 aromatic rings. The molecule has 0 aliphatic carbocycles. The van der Waals surface area contributed by atoms with Crippen LogP contribution in [0.5, 0.6) is 0 Å². The van der Waals surface area contributed by atoms with Crippen molar-refractivity contribution in [3.8, 4) is 0 Å². The Morgan fingerprint density at radius 3 is 2.68 bits per heavy atom. The summed E-state index contributed by atoms with van der Waals surface area (Å²) in [5, 5.41) is 4.84. The van der Waals surface area contributed by atoms with E-state index in [4.69, 9.17) is 11.6 Å². The zero-order chi connectivity index (χ0) is 17.7. The molecule has 0 amide bonds. The average molecular weight is 398 g/mol. The summed E-state index contributed by atoms with van der Waals surface area (Å²) in [6.07, 6.45) is 4.56. The van der Waals surface area contributed by atoms with Gasteiger partial charge in [0.1, 0.15) is 0 Å². The first-order chi connectivity index (χ1) is 12.0. The lowest BCUT2D eigenvalue weighted by molar-refractivity contribution is 0.591. The molecule has 1 aliphatic heterocycles. The van der Waals surface area contributed by atoms with Crippen LogP contribution in [0.25, 0.3) is 6.08 Å². The molecule has 25 heavy (non-hydrogen) atoms. The van der Waals surface area contributed by atoms with Crippen molar-refractivity contribution in [2.45, 2.75) is 19.3 Å². The van der Waals surface area contributed by atoms with Gasteiger partial charge in [0.2, 0.25) is 10.0 Å². The normalized spacial score (nSPS) is 15.3. The Morgan fingerprint density at radius 1 is 1.24 bits per heavy atom. The molecule has 1 aliphatic rings. The van der Waals surface area contributed by atoms with Gasteiger partial charge in [0.15, 0.2) is 5.13 Å². The highest BCUT2D eigenvalue weighted by atomic mass is 35.5. The summed E-state index contributed by atoms with van der Waals surface area (Å²) < 4.78 is 26.6. The lowest BCUT2D eigenvalue weighted by Gasteiger charge is -2.12. The largest absolute Gasteiger partial charge is 0.348 e. The summed E-state index contributed by atoms with van der Waals surface area (Å²) in [5.74, 6) is 0. The maximum atomic E-state index is 12.0. The van der Waals surface area contributed by atoms with Gasteiger partial charge in [-0.25, -0.2) is 18.1 Å². The second-order valence-electron chi connectivity index (χ2n) is 5.86. The summed E-state index contributed by atoms with van der Waals surface area (Å²) in [7, 11) is -3.47. The van der Waals surface area contributed by atoms with Crippen LogP contribution in [0.1, 0.15) is 24.1 Å². The second-order valence-corrected chi connectivity index (χ2v) is 8.78. The molecule has 0 radical (unpaired) electrons. The van der Waals surface area contributed by atoms with Gasteiger partial charge in [-0.15, -0.1) is 11.3 Å². The van der Waals surface area contributed by atoms with Crippen LogP contribution in [-0.4, -0.2) is 33.0 Å². The van der Waals surface area contributed by atoms with Gasteiger partial charge in [-0.05, 0) is 36.6 Å². The minimum absolute atomic E-state index is 0.330. The highest BCUT2D eigenvalue weighted by Gasteiger charge is 2.15. The molecular weight excluding hydrogens is 378 g/mol. The lowest BCUT2D eigenvalue weighted by atomic mass is 10.2. The zero-order valence-electron chi connectivity index (χ0n) is 13.7. The fourth-order valence-corrected chi connectivity index (χ4v) is 4.43. The van der Waals surface area contributed by atoms with Crippen LogP contribution >= 0.6 is 22.9 Å². The smallest absolute Gasteiger partial charge is 0.233 e. The first-order valence-corrected chi connectivity index (χ1v) is 10.9. The lowest BCUT2D eigenvalue weighted by Crippen LogP contribution is -2.24. The van der Waals surface area contributed by atoms with Gasteiger partial charge < -0.3 is 4.90 Å². The van der Waals surface area contributed by atoms with Crippen molar-refractivity contribution >= 4 is 44.2 Å². The topological polar surface area (TPSA) is 62.3 Å². The minimum atomic E-state index is -3.47. The average Bonchev–Trinajstić information content (AvgIpc) is 3.25. The van der Waals surface area contributed by atoms with Gasteiger partial charge in [-0.1, -0.05) is 23.7 Å². The molecule has 1 aromatic heterocycles. The third-order valence-corrected chi connectivity index (χ3v) is 6.21. The fourth-order valence-electron chi connectivity index (χ4n) is 2.58. The van der Waals surface area contributed by atoms with Crippen molar-refractivity contribution in [1.29, 1.82) is 0 Å². The van der Waals surface area contributed by atoms with Crippen LogP contribution in [0.15, 0.2) is 35.1 Å². The van der Waals surface area contributed by atoms with Crippen LogP contribution in [-0.2, 0) is 16.4 Å². The maximum absolute atomic E-state index is 12.0. The zero-order valence-corrected chi connectivity index (χ0v) is 16.1. The Kier molecular flexibility index (Phi) is 6.11. The predicted octanol–water partition coefficient (Wildman–Crippen LogP) is 3.53. The first kappa shape index (κ1) is 18.4. The number of nitrogens with one attached hydrogen (secondary N) is 1. The molecule has 0 spiro atoms. The van der Waals surface area contributed by atoms with Gasteiger partial charge in [-0.3, -0.25) is 0 Å². The molecule has 8 heteroatoms. The summed E-state index contributed by atoms with van der Waals surface area (Å²) in [6, 6.07) is 6.98. The van der Waals surface area contributed by atoms with Gasteiger partial charge in [-0.2, -0.15) is 0 Å². The van der Waals surface area contributed by atoms with Crippen LogP contribution in [0, 0.1) is 0 Å². The van der Waals surface area contributed by atoms with Crippen molar-refractivity contribution in [2.24, 2.45) is 0 Å². The number of aromatic nitrogens is 1. The van der Waals surface area contributed by atoms with Crippen LogP contribution < -0.4 is 9.62 Å². The molecule has 0 bridgehead atoms. The maximum Gasteiger partial charge on any atom is 0.233 e. The molecule has 1 fully saturated rings. The molecule has 5 nitrogen and oxygen atoms in total. The van der Waals surface area contributed by atoms with E-state index in [1.54, 1.807) is 41.7 Å². The predicted molar refractivity (Wildman–Crippen MR) is 105 cm³/mol. The van der Waals surface area contributed by atoms with Crippen molar-refractivity contribution in [3.05, 3.63) is 51.3 Å². The van der Waals surface area contributed by atoms with E-state index in [9.17, 15) is 8.42 Å². The number of anilines is 1. The Labute approximate surface area is 157 Å². The van der Waals surface area contributed by atoms with Gasteiger partial charge in [0.05, 0.1) is 5.69 Å². The molecule has 0 unspecified atom stereocenters. The van der Waals surface area contributed by atoms with E-state index in [-0.39, 0.29) is 0 Å². The molecule has 1 N–H and O–H groups in total. The van der Waals surface area contributed by atoms with Gasteiger partial charge in [0, 0.05) is 41.9 Å². The number of rotatable bonds is 7. The molecule has 134 valence electrons. The Balaban J connectivity index is 1.49. The fraction of sp³-hybridized carbons (Fsp3) is 0.353. The monoisotopic (exact) mass is 397 g/mol. The highest BCUT2D eigenvalue weighted by molar-refractivity contribution is 7.92. The number of sulfonamides is 1. The van der Waals surface area contributed by atoms with Crippen LogP contribution in [0.4, 0.5) is 5.13 Å². The number of hydrogen-bond acceptors (Lipinski definition) is 5. The molecular formula is C17H20ClN3O2S2. The highest BCUT2D eigenvalue weighted by Crippen LogP contribution is 2.24. The standard InChI is InChI=1S/C17H20ClN3O2S2/c18-15-5-3-14(4-6-15)8-12-25(22,23)19-9-7-16-13-24-17(20-16)21-10-1-2-11-21/h3-6,8,12-13,19H,1-2,7,9-11H2. The van der Waals surface area contributed by atoms with Gasteiger partial charge >= 0.3 is 0 Å². The summed E-state index contributed by atoms with van der Waals surface area (Å²) in [6.45, 7) is 2.46. The number of benzene rings is 1. The SMILES string of the molecule is O=S(=O)(C=Cc1ccc(Cl)cc1)NCCc1csc(N2CCCC2)n1. The number of hydrogen-bond donors (Lipinski definition) is 1. The Hall–Kier alpha value is -1.41. The Morgan fingerprint density at radius 2 is 1.96 bits per heavy atom. The molecule has 1 saturated heterocycles. The van der Waals surface area contributed by atoms with E-state index in [1.807, 2.05) is 5.38 Å². The first-order valence-electron chi connectivity index (χ1n) is 8.14. The minimum Gasteiger partial charge on any atom is -0.348 e. The second kappa shape index (κ2) is 8.31. The third-order valence-electron chi connectivity index (χ3n) is 3.91. The van der Waals surface area contributed by atoms with E-state index in [2.05, 4.69) is 14.6 Å². The summed E-state index contributed by atoms with van der Waals surface area (Å²) in [4.78, 5) is 6.88. The number of nitrogens with zero attached hydrogens (tertiary/aromatic N) is 2. The van der Waals surface area contributed by atoms with Crippen LogP contribution in [0.3, 0.4) is 0 Å². The van der Waals surface area contributed by atoms with Crippen molar-refractivity contribution in [1.82, 2.24) is 9.71 Å². The van der Waals surface area contributed by atoms with E-state index in [1.165, 1.54) is 18.2 Å². The molecule has 3 rings (SSSR count). The Bertz CT molecular complexity index is 826. The molecule has 1 aromatic carbocycles. The summed E-state index contributed by atoms with van der Waals surface area (Å²) >= 11 is 7.44. The quantitative estimate of drug-likeness (QED) is 0.776. The number of thiazole rings is 1. The molecule has 2 heterocycles. The van der Waals surface area contributed by atoms with Gasteiger partial charge in [0.25, 0.3) is 0 Å². The van der Waals surface area contributed by atoms with Crippen molar-refractivity contribution in [2.75, 3.05) is 24.5 Å². The third kappa shape index (κ3) is 5.54. The molecule has 0 saturated carbocycles. The van der Waals surface area contributed by atoms with E-state index in [0.717, 1.165) is 29.5 Å².